The molecule has 0 bridgehead atoms. The number of nitrogens with one attached hydrogen (secondary N) is 1. The van der Waals surface area contributed by atoms with Gasteiger partial charge < -0.3 is 14.6 Å². The molecule has 2 heterocycles. The van der Waals surface area contributed by atoms with Crippen molar-refractivity contribution in [2.24, 2.45) is 0 Å². The molecule has 0 radical (unpaired) electrons. The van der Waals surface area contributed by atoms with E-state index < -0.39 is 0 Å². The van der Waals surface area contributed by atoms with Crippen molar-refractivity contribution < 1.29 is 14.1 Å². The van der Waals surface area contributed by atoms with E-state index >= 15 is 0 Å². The van der Waals surface area contributed by atoms with Crippen molar-refractivity contribution in [1.29, 1.82) is 0 Å². The largest absolute Gasteiger partial charge is 0.382 e. The molecule has 1 amide bonds. The fourth-order valence-electron chi connectivity index (χ4n) is 1.82. The number of aromatic nitrogens is 3. The average Bonchev–Trinajstić information content (AvgIpc) is 3.02. The van der Waals surface area contributed by atoms with Crippen LogP contribution in [0, 0.1) is 0 Å². The fraction of sp³-hybridized carbons (Fsp3) is 0.467. The lowest BCUT2D eigenvalue weighted by molar-refractivity contribution is -0.121. The van der Waals surface area contributed by atoms with Gasteiger partial charge in [0.05, 0.1) is 0 Å². The molecule has 118 valence electrons. The van der Waals surface area contributed by atoms with E-state index in [1.807, 2.05) is 13.0 Å². The molecule has 0 atom stereocenters. The first-order valence-electron chi connectivity index (χ1n) is 7.37. The third-order valence-electron chi connectivity index (χ3n) is 2.95. The van der Waals surface area contributed by atoms with Gasteiger partial charge in [-0.05, 0) is 25.5 Å². The van der Waals surface area contributed by atoms with Gasteiger partial charge in [0, 0.05) is 50.6 Å². The van der Waals surface area contributed by atoms with Gasteiger partial charge in [-0.2, -0.15) is 4.98 Å². The summed E-state index contributed by atoms with van der Waals surface area (Å²) in [5.74, 6) is 0.904. The topological polar surface area (TPSA) is 90.1 Å². The van der Waals surface area contributed by atoms with E-state index in [2.05, 4.69) is 20.4 Å². The number of pyridine rings is 1. The molecule has 2 aromatic rings. The Hall–Kier alpha value is -2.28. The van der Waals surface area contributed by atoms with Gasteiger partial charge in [0.2, 0.25) is 17.6 Å². The van der Waals surface area contributed by atoms with Crippen molar-refractivity contribution in [3.05, 3.63) is 30.4 Å². The Morgan fingerprint density at radius 1 is 1.45 bits per heavy atom. The van der Waals surface area contributed by atoms with Crippen molar-refractivity contribution in [1.82, 2.24) is 20.4 Å². The maximum absolute atomic E-state index is 11.7. The Labute approximate surface area is 129 Å². The van der Waals surface area contributed by atoms with Crippen LogP contribution < -0.4 is 5.32 Å². The molecule has 0 saturated carbocycles. The lowest BCUT2D eigenvalue weighted by Crippen LogP contribution is -2.25. The molecule has 2 aromatic heterocycles. The molecule has 0 aliphatic rings. The molecule has 0 spiro atoms. The van der Waals surface area contributed by atoms with Crippen LogP contribution in [0.3, 0.4) is 0 Å². The molecule has 0 fully saturated rings. The van der Waals surface area contributed by atoms with E-state index in [1.54, 1.807) is 18.5 Å². The van der Waals surface area contributed by atoms with Crippen LogP contribution in [-0.2, 0) is 16.0 Å². The quantitative estimate of drug-likeness (QED) is 0.708. The average molecular weight is 304 g/mol. The predicted octanol–water partition coefficient (Wildman–Crippen LogP) is 1.61. The number of nitrogens with zero attached hydrogens (tertiary/aromatic N) is 3. The minimum absolute atomic E-state index is 0.0300. The van der Waals surface area contributed by atoms with Crippen molar-refractivity contribution in [3.63, 3.8) is 0 Å². The van der Waals surface area contributed by atoms with E-state index in [-0.39, 0.29) is 5.91 Å². The Kier molecular flexibility index (Phi) is 6.50. The molecular formula is C15H20N4O3. The molecule has 0 saturated heterocycles. The van der Waals surface area contributed by atoms with E-state index in [4.69, 9.17) is 9.26 Å². The first-order chi connectivity index (χ1) is 10.8. The summed E-state index contributed by atoms with van der Waals surface area (Å²) in [6.45, 7) is 3.92. The summed E-state index contributed by atoms with van der Waals surface area (Å²) in [7, 11) is 0. The van der Waals surface area contributed by atoms with Gasteiger partial charge in [0.15, 0.2) is 0 Å². The highest BCUT2D eigenvalue weighted by Gasteiger charge is 2.10. The van der Waals surface area contributed by atoms with Crippen molar-refractivity contribution in [2.45, 2.75) is 26.2 Å². The zero-order valence-electron chi connectivity index (χ0n) is 12.6. The number of aryl methyl sites for hydroxylation is 1. The highest BCUT2D eigenvalue weighted by Crippen LogP contribution is 2.14. The summed E-state index contributed by atoms with van der Waals surface area (Å²) in [4.78, 5) is 19.9. The van der Waals surface area contributed by atoms with Gasteiger partial charge >= 0.3 is 0 Å². The maximum Gasteiger partial charge on any atom is 0.227 e. The number of hydrogen-bond donors (Lipinski definition) is 1. The molecule has 0 unspecified atom stereocenters. The second-order valence-corrected chi connectivity index (χ2v) is 4.65. The summed E-state index contributed by atoms with van der Waals surface area (Å²) >= 11 is 0. The number of rotatable bonds is 9. The highest BCUT2D eigenvalue weighted by molar-refractivity contribution is 5.75. The monoisotopic (exact) mass is 304 g/mol. The third kappa shape index (κ3) is 5.25. The molecule has 0 aromatic carbocycles. The summed E-state index contributed by atoms with van der Waals surface area (Å²) < 4.78 is 10.3. The third-order valence-corrected chi connectivity index (χ3v) is 2.95. The number of amides is 1. The summed E-state index contributed by atoms with van der Waals surface area (Å²) in [5.41, 5.74) is 0.790. The second kappa shape index (κ2) is 8.89. The Balaban J connectivity index is 1.71. The molecule has 7 heteroatoms. The lowest BCUT2D eigenvalue weighted by Gasteiger charge is -2.04. The molecule has 7 nitrogen and oxygen atoms in total. The van der Waals surface area contributed by atoms with Gasteiger partial charge in [-0.1, -0.05) is 5.16 Å². The normalized spacial score (nSPS) is 10.6. The van der Waals surface area contributed by atoms with Gasteiger partial charge in [-0.15, -0.1) is 0 Å². The fourth-order valence-corrected chi connectivity index (χ4v) is 1.82. The van der Waals surface area contributed by atoms with Crippen molar-refractivity contribution >= 4 is 5.91 Å². The van der Waals surface area contributed by atoms with Crippen LogP contribution in [0.4, 0.5) is 0 Å². The first-order valence-corrected chi connectivity index (χ1v) is 7.37. The van der Waals surface area contributed by atoms with Crippen LogP contribution in [0.2, 0.25) is 0 Å². The van der Waals surface area contributed by atoms with Crippen LogP contribution in [-0.4, -0.2) is 40.8 Å². The van der Waals surface area contributed by atoms with Crippen LogP contribution >= 0.6 is 0 Å². The maximum atomic E-state index is 11.7. The number of carbonyl (C=O) groups excluding carboxylic acids is 1. The molecule has 22 heavy (non-hydrogen) atoms. The smallest absolute Gasteiger partial charge is 0.227 e. The molecule has 1 N–H and O–H groups in total. The van der Waals surface area contributed by atoms with E-state index in [0.29, 0.717) is 44.3 Å². The van der Waals surface area contributed by atoms with E-state index in [0.717, 1.165) is 12.0 Å². The number of hydrogen-bond acceptors (Lipinski definition) is 6. The van der Waals surface area contributed by atoms with Crippen molar-refractivity contribution in [2.75, 3.05) is 19.8 Å². The SMILES string of the molecule is CCOCCCNC(=O)CCc1nc(-c2cccnc2)no1. The summed E-state index contributed by atoms with van der Waals surface area (Å²) in [5, 5.41) is 6.72. The van der Waals surface area contributed by atoms with Gasteiger partial charge in [-0.3, -0.25) is 9.78 Å². The van der Waals surface area contributed by atoms with Crippen LogP contribution in [0.5, 0.6) is 0 Å². The number of carbonyl (C=O) groups is 1. The van der Waals surface area contributed by atoms with Gasteiger partial charge in [0.1, 0.15) is 0 Å². The first kappa shape index (κ1) is 16.1. The van der Waals surface area contributed by atoms with Gasteiger partial charge in [-0.25, -0.2) is 0 Å². The summed E-state index contributed by atoms with van der Waals surface area (Å²) in [6, 6.07) is 3.66. The zero-order chi connectivity index (χ0) is 15.6. The Bertz CT molecular complexity index is 571. The minimum atomic E-state index is -0.0300. The van der Waals surface area contributed by atoms with Crippen LogP contribution in [0.25, 0.3) is 11.4 Å². The molecular weight excluding hydrogens is 284 g/mol. The molecule has 2 rings (SSSR count). The Morgan fingerprint density at radius 2 is 2.36 bits per heavy atom. The Morgan fingerprint density at radius 3 is 3.14 bits per heavy atom. The molecule has 0 aliphatic carbocycles. The highest BCUT2D eigenvalue weighted by atomic mass is 16.5. The van der Waals surface area contributed by atoms with Crippen molar-refractivity contribution in [3.8, 4) is 11.4 Å². The van der Waals surface area contributed by atoms with Crippen LogP contribution in [0.15, 0.2) is 29.0 Å². The summed E-state index contributed by atoms with van der Waals surface area (Å²) in [6.07, 6.45) is 4.90. The van der Waals surface area contributed by atoms with E-state index in [9.17, 15) is 4.79 Å². The van der Waals surface area contributed by atoms with Gasteiger partial charge in [0.25, 0.3) is 0 Å². The lowest BCUT2D eigenvalue weighted by atomic mass is 10.2. The van der Waals surface area contributed by atoms with E-state index in [1.165, 1.54) is 0 Å². The molecule has 0 aliphatic heterocycles. The minimum Gasteiger partial charge on any atom is -0.382 e. The second-order valence-electron chi connectivity index (χ2n) is 4.65. The predicted molar refractivity (Wildman–Crippen MR) is 80.0 cm³/mol. The number of ether oxygens (including phenoxy) is 1. The van der Waals surface area contributed by atoms with Crippen LogP contribution in [0.1, 0.15) is 25.7 Å². The standard InChI is InChI=1S/C15H20N4O3/c1-2-21-10-4-9-17-13(20)6-7-14-18-15(19-22-14)12-5-3-8-16-11-12/h3,5,8,11H,2,4,6-7,9-10H2,1H3,(H,17,20). The zero-order valence-corrected chi connectivity index (χ0v) is 12.6.